The summed E-state index contributed by atoms with van der Waals surface area (Å²) in [4.78, 5) is 69.0. The molecule has 14 nitrogen and oxygen atoms in total. The van der Waals surface area contributed by atoms with Crippen molar-refractivity contribution in [3.63, 3.8) is 0 Å². The van der Waals surface area contributed by atoms with E-state index in [1.165, 1.54) is 21.9 Å². The quantitative estimate of drug-likeness (QED) is 0.140. The minimum absolute atomic E-state index is 0.00629. The van der Waals surface area contributed by atoms with E-state index in [0.717, 1.165) is 22.1 Å². The van der Waals surface area contributed by atoms with E-state index in [2.05, 4.69) is 15.6 Å². The minimum Gasteiger partial charge on any atom is -0.475 e. The van der Waals surface area contributed by atoms with Gasteiger partial charge in [-0.2, -0.15) is 13.2 Å². The van der Waals surface area contributed by atoms with Crippen LogP contribution in [-0.4, -0.2) is 77.2 Å². The fourth-order valence-electron chi connectivity index (χ4n) is 6.93. The van der Waals surface area contributed by atoms with E-state index in [-0.39, 0.29) is 36.1 Å². The Bertz CT molecular complexity index is 2650. The lowest BCUT2D eigenvalue weighted by atomic mass is 9.95. The third-order valence-electron chi connectivity index (χ3n) is 10.3. The average Bonchev–Trinajstić information content (AvgIpc) is 4.08. The lowest BCUT2D eigenvalue weighted by Gasteiger charge is -2.31. The minimum atomic E-state index is -5.08. The van der Waals surface area contributed by atoms with Crippen LogP contribution in [0.25, 0.3) is 10.8 Å². The number of aliphatic carboxylic acids is 1. The SMILES string of the molecule is Cc1cc2ccc1[C@@H](C)N(C(=O)OCc1ccccc1)CC(=O)Nc1ccc(S(=O)(=O)C3CC3)c(c1)CN(C)C(=O)[C@@H]2Nc1ccc2cc[nH]c(=O)c2c1.O=C(O)C(F)(F)F. The van der Waals surface area contributed by atoms with Crippen LogP contribution in [0, 0.1) is 6.92 Å². The molecule has 2 atom stereocenters. The molecule has 18 heteroatoms. The van der Waals surface area contributed by atoms with Crippen molar-refractivity contribution in [3.8, 4) is 0 Å². The number of H-pyrrole nitrogens is 1. The smallest absolute Gasteiger partial charge is 0.475 e. The summed E-state index contributed by atoms with van der Waals surface area (Å²) in [6.45, 7) is 3.25. The maximum absolute atomic E-state index is 14.5. The Morgan fingerprint density at radius 2 is 1.64 bits per heavy atom. The van der Waals surface area contributed by atoms with Crippen LogP contribution in [0.15, 0.2) is 107 Å². The molecule has 3 amide bonds. The molecule has 0 radical (unpaired) electrons. The lowest BCUT2D eigenvalue weighted by molar-refractivity contribution is -0.192. The number of carboxylic acid groups (broad SMARTS) is 1. The number of hydrogen-bond acceptors (Lipinski definition) is 9. The molecule has 0 spiro atoms. The number of aromatic amines is 1. The summed E-state index contributed by atoms with van der Waals surface area (Å²) in [5.41, 5.74) is 3.81. The molecule has 4 N–H and O–H groups in total. The van der Waals surface area contributed by atoms with Crippen molar-refractivity contribution in [2.75, 3.05) is 24.2 Å². The molecular formula is C43H42F3N5O9S. The van der Waals surface area contributed by atoms with Gasteiger partial charge in [0.15, 0.2) is 9.84 Å². The van der Waals surface area contributed by atoms with Gasteiger partial charge in [-0.25, -0.2) is 18.0 Å². The van der Waals surface area contributed by atoms with Gasteiger partial charge < -0.3 is 30.4 Å². The van der Waals surface area contributed by atoms with Gasteiger partial charge in [0, 0.05) is 36.6 Å². The first-order chi connectivity index (χ1) is 28.8. The topological polar surface area (TPSA) is 195 Å². The number of carbonyl (C=O) groups is 4. The van der Waals surface area contributed by atoms with Gasteiger partial charge in [-0.3, -0.25) is 19.3 Å². The van der Waals surface area contributed by atoms with Crippen molar-refractivity contribution < 1.29 is 50.6 Å². The summed E-state index contributed by atoms with van der Waals surface area (Å²) in [5, 5.41) is 14.0. The number of sulfone groups is 1. The van der Waals surface area contributed by atoms with Crippen LogP contribution in [0.1, 0.15) is 59.7 Å². The van der Waals surface area contributed by atoms with E-state index >= 15 is 0 Å². The second-order valence-electron chi connectivity index (χ2n) is 14.8. The number of hydrogen-bond donors (Lipinski definition) is 4. The van der Waals surface area contributed by atoms with Crippen LogP contribution < -0.4 is 16.2 Å². The van der Waals surface area contributed by atoms with Crippen LogP contribution in [0.2, 0.25) is 0 Å². The number of likely N-dealkylation sites (N-methyl/N-ethyl adjacent to an activating group) is 1. The molecule has 4 bridgehead atoms. The molecule has 2 aliphatic heterocycles. The number of aromatic nitrogens is 1. The van der Waals surface area contributed by atoms with Crippen LogP contribution >= 0.6 is 0 Å². The molecule has 3 aliphatic rings. The largest absolute Gasteiger partial charge is 0.490 e. The highest BCUT2D eigenvalue weighted by atomic mass is 32.2. The first-order valence-electron chi connectivity index (χ1n) is 19.0. The predicted molar refractivity (Wildman–Crippen MR) is 219 cm³/mol. The predicted octanol–water partition coefficient (Wildman–Crippen LogP) is 6.87. The van der Waals surface area contributed by atoms with Crippen LogP contribution in [0.5, 0.6) is 0 Å². The lowest BCUT2D eigenvalue weighted by Crippen LogP contribution is -2.40. The number of carboxylic acids is 1. The molecular weight excluding hydrogens is 820 g/mol. The number of ether oxygens (including phenoxy) is 1. The number of nitrogens with one attached hydrogen (secondary N) is 3. The zero-order valence-corrected chi connectivity index (χ0v) is 34.0. The van der Waals surface area contributed by atoms with Gasteiger partial charge in [-0.05, 0) is 96.3 Å². The molecule has 8 rings (SSSR count). The van der Waals surface area contributed by atoms with Crippen LogP contribution in [0.3, 0.4) is 0 Å². The maximum Gasteiger partial charge on any atom is 0.490 e. The van der Waals surface area contributed by atoms with Crippen molar-refractivity contribution in [3.05, 3.63) is 135 Å². The fraction of sp³-hybridized carbons (Fsp3) is 0.279. The summed E-state index contributed by atoms with van der Waals surface area (Å²) < 4.78 is 64.6. The van der Waals surface area contributed by atoms with E-state index in [1.807, 2.05) is 49.4 Å². The van der Waals surface area contributed by atoms with Gasteiger partial charge in [-0.15, -0.1) is 0 Å². The van der Waals surface area contributed by atoms with Crippen molar-refractivity contribution in [2.45, 2.75) is 68.2 Å². The van der Waals surface area contributed by atoms with Gasteiger partial charge in [0.1, 0.15) is 19.2 Å². The van der Waals surface area contributed by atoms with Crippen LogP contribution in [0.4, 0.5) is 29.3 Å². The molecule has 5 aromatic rings. The summed E-state index contributed by atoms with van der Waals surface area (Å²) in [6, 6.07) is 24.8. The Labute approximate surface area is 348 Å². The van der Waals surface area contributed by atoms with E-state index in [0.29, 0.717) is 40.7 Å². The Balaban J connectivity index is 0.000000819. The number of amides is 3. The zero-order chi connectivity index (χ0) is 44.2. The number of halogens is 3. The zero-order valence-electron chi connectivity index (χ0n) is 33.2. The second kappa shape index (κ2) is 17.9. The van der Waals surface area contributed by atoms with E-state index in [1.54, 1.807) is 56.6 Å². The average molecular weight is 862 g/mol. The highest BCUT2D eigenvalue weighted by Gasteiger charge is 2.39. The molecule has 0 saturated heterocycles. The van der Waals surface area contributed by atoms with Crippen molar-refractivity contribution in [1.82, 2.24) is 14.8 Å². The van der Waals surface area contributed by atoms with Crippen molar-refractivity contribution in [2.24, 2.45) is 0 Å². The van der Waals surface area contributed by atoms with Gasteiger partial charge in [-0.1, -0.05) is 54.6 Å². The number of nitrogens with zero attached hydrogens (tertiary/aromatic N) is 2. The summed E-state index contributed by atoms with van der Waals surface area (Å²) in [6.07, 6.45) is -3.09. The first-order valence-corrected chi connectivity index (χ1v) is 20.6. The molecule has 3 heterocycles. The van der Waals surface area contributed by atoms with Gasteiger partial charge >= 0.3 is 18.2 Å². The molecule has 320 valence electrons. The third kappa shape index (κ3) is 10.4. The Morgan fingerprint density at radius 3 is 2.30 bits per heavy atom. The van der Waals surface area contributed by atoms with Crippen molar-refractivity contribution in [1.29, 1.82) is 0 Å². The Morgan fingerprint density at radius 1 is 0.934 bits per heavy atom. The molecule has 0 unspecified atom stereocenters. The fourth-order valence-corrected chi connectivity index (χ4v) is 8.79. The Hall–Kier alpha value is -6.69. The second-order valence-corrected chi connectivity index (χ2v) is 17.0. The summed E-state index contributed by atoms with van der Waals surface area (Å²) in [7, 11) is -2.09. The Kier molecular flexibility index (Phi) is 12.9. The summed E-state index contributed by atoms with van der Waals surface area (Å²) >= 11 is 0. The third-order valence-corrected chi connectivity index (χ3v) is 12.6. The van der Waals surface area contributed by atoms with Crippen LogP contribution in [-0.2, 0) is 42.1 Å². The molecule has 1 aliphatic carbocycles. The molecule has 61 heavy (non-hydrogen) atoms. The number of pyridine rings is 1. The number of aryl methyl sites for hydroxylation is 1. The molecule has 1 fully saturated rings. The molecule has 4 aromatic carbocycles. The number of fused-ring (bicyclic) bond motifs is 10. The number of carbonyl (C=O) groups excluding carboxylic acids is 3. The summed E-state index contributed by atoms with van der Waals surface area (Å²) in [5.74, 6) is -3.63. The van der Waals surface area contributed by atoms with E-state index < -0.39 is 51.3 Å². The number of benzene rings is 4. The van der Waals surface area contributed by atoms with E-state index in [9.17, 15) is 40.8 Å². The number of anilines is 2. The normalized spacial score (nSPS) is 17.3. The highest BCUT2D eigenvalue weighted by Crippen LogP contribution is 2.37. The number of alkyl halides is 3. The first kappa shape index (κ1) is 43.9. The van der Waals surface area contributed by atoms with E-state index in [4.69, 9.17) is 14.6 Å². The molecule has 1 saturated carbocycles. The maximum atomic E-state index is 14.5. The highest BCUT2D eigenvalue weighted by molar-refractivity contribution is 7.92. The van der Waals surface area contributed by atoms with Gasteiger partial charge in [0.2, 0.25) is 11.8 Å². The number of rotatable bonds is 6. The standard InChI is InChI=1S/C41H41N5O7S.C2HF3O2/c1-25-19-29-10-15-34(25)26(2)46(41(50)53-24-27-7-5-4-6-8-27)23-37(47)43-31-12-16-36(54(51,52)33-13-14-33)30(20-31)22-45(3)40(49)38(29)44-32-11-9-28-17-18-42-39(48)35(28)21-32;3-2(4,5)1(6)7/h4-12,15-21,26,33,38,44H,13-14,22-24H2,1-3H3,(H,42,48)(H,43,47);(H,6,7)/t26-,38-;/m1./s1. The van der Waals surface area contributed by atoms with Crippen molar-refractivity contribution >= 4 is 55.9 Å². The molecule has 1 aromatic heterocycles. The van der Waals surface area contributed by atoms with Gasteiger partial charge in [0.05, 0.1) is 16.2 Å². The van der Waals surface area contributed by atoms with Gasteiger partial charge in [0.25, 0.3) is 5.56 Å². The monoisotopic (exact) mass is 861 g/mol.